The number of piperidine rings is 1. The molecule has 2 fully saturated rings. The van der Waals surface area contributed by atoms with E-state index in [1.807, 2.05) is 0 Å². The summed E-state index contributed by atoms with van der Waals surface area (Å²) in [6, 6.07) is 21.8. The quantitative estimate of drug-likeness (QED) is 0.801. The van der Waals surface area contributed by atoms with Gasteiger partial charge < -0.3 is 14.7 Å². The molecule has 1 unspecified atom stereocenters. The standard InChI is InChI=1S/C25H33N3O/c1-26-16-17-27(2)23(19-26)18-24(29)28-15-9-14-25(20-28,21-10-5-3-6-11-21)22-12-7-4-8-13-22/h3-8,10-13,23H,9,14-20H2,1-2H3. The van der Waals surface area contributed by atoms with Crippen LogP contribution in [0.3, 0.4) is 0 Å². The molecule has 2 aromatic carbocycles. The number of likely N-dealkylation sites (tertiary alicyclic amines) is 1. The highest BCUT2D eigenvalue weighted by molar-refractivity contribution is 5.77. The first kappa shape index (κ1) is 20.1. The molecule has 154 valence electrons. The molecule has 0 radical (unpaired) electrons. The molecule has 0 saturated carbocycles. The third-order valence-electron chi connectivity index (χ3n) is 6.89. The lowest BCUT2D eigenvalue weighted by molar-refractivity contribution is -0.134. The lowest BCUT2D eigenvalue weighted by Crippen LogP contribution is -2.54. The average Bonchev–Trinajstić information content (AvgIpc) is 2.77. The molecule has 0 N–H and O–H groups in total. The Balaban J connectivity index is 1.58. The monoisotopic (exact) mass is 391 g/mol. The lowest BCUT2D eigenvalue weighted by Gasteiger charge is -2.45. The first-order valence-electron chi connectivity index (χ1n) is 10.9. The fraction of sp³-hybridized carbons (Fsp3) is 0.480. The van der Waals surface area contributed by atoms with E-state index in [2.05, 4.69) is 89.5 Å². The third kappa shape index (κ3) is 4.24. The zero-order valence-electron chi connectivity index (χ0n) is 17.8. The largest absolute Gasteiger partial charge is 0.341 e. The Labute approximate surface area is 175 Å². The highest BCUT2D eigenvalue weighted by Gasteiger charge is 2.40. The minimum Gasteiger partial charge on any atom is -0.341 e. The molecule has 1 amide bonds. The van der Waals surface area contributed by atoms with Gasteiger partial charge in [0, 0.05) is 50.6 Å². The molecule has 0 spiro atoms. The third-order valence-corrected chi connectivity index (χ3v) is 6.89. The number of piperazine rings is 1. The van der Waals surface area contributed by atoms with E-state index in [1.165, 1.54) is 11.1 Å². The van der Waals surface area contributed by atoms with Crippen LogP contribution < -0.4 is 0 Å². The Bertz CT molecular complexity index is 768. The molecule has 1 atom stereocenters. The number of hydrogen-bond donors (Lipinski definition) is 0. The summed E-state index contributed by atoms with van der Waals surface area (Å²) >= 11 is 0. The van der Waals surface area contributed by atoms with Gasteiger partial charge in [0.2, 0.25) is 5.91 Å². The van der Waals surface area contributed by atoms with Crippen LogP contribution in [0.25, 0.3) is 0 Å². The Morgan fingerprint density at radius 3 is 2.17 bits per heavy atom. The SMILES string of the molecule is CN1CCN(C)C(CC(=O)N2CCCC(c3ccccc3)(c3ccccc3)C2)C1. The van der Waals surface area contributed by atoms with Gasteiger partial charge in [-0.1, -0.05) is 60.7 Å². The topological polar surface area (TPSA) is 26.8 Å². The zero-order chi connectivity index (χ0) is 20.3. The van der Waals surface area contributed by atoms with Crippen molar-refractivity contribution in [2.24, 2.45) is 0 Å². The second kappa shape index (κ2) is 8.68. The maximum absolute atomic E-state index is 13.3. The van der Waals surface area contributed by atoms with Gasteiger partial charge in [0.15, 0.2) is 0 Å². The molecular weight excluding hydrogens is 358 g/mol. The van der Waals surface area contributed by atoms with Crippen LogP contribution in [0.1, 0.15) is 30.4 Å². The van der Waals surface area contributed by atoms with Crippen LogP contribution in [0.2, 0.25) is 0 Å². The van der Waals surface area contributed by atoms with Crippen molar-refractivity contribution in [1.82, 2.24) is 14.7 Å². The fourth-order valence-corrected chi connectivity index (χ4v) is 5.07. The minimum atomic E-state index is -0.119. The molecule has 2 aliphatic heterocycles. The molecular formula is C25H33N3O. The number of carbonyl (C=O) groups is 1. The van der Waals surface area contributed by atoms with Crippen molar-refractivity contribution in [3.8, 4) is 0 Å². The number of rotatable bonds is 4. The maximum Gasteiger partial charge on any atom is 0.224 e. The van der Waals surface area contributed by atoms with Gasteiger partial charge in [0.1, 0.15) is 0 Å². The van der Waals surface area contributed by atoms with Gasteiger partial charge in [-0.2, -0.15) is 0 Å². The summed E-state index contributed by atoms with van der Waals surface area (Å²) in [7, 11) is 4.31. The normalized spacial score (nSPS) is 23.1. The average molecular weight is 392 g/mol. The van der Waals surface area contributed by atoms with E-state index < -0.39 is 0 Å². The van der Waals surface area contributed by atoms with Crippen LogP contribution in [0, 0.1) is 0 Å². The highest BCUT2D eigenvalue weighted by Crippen LogP contribution is 2.40. The molecule has 4 rings (SSSR count). The first-order chi connectivity index (χ1) is 14.1. The number of likely N-dealkylation sites (N-methyl/N-ethyl adjacent to an activating group) is 2. The second-order valence-electron chi connectivity index (χ2n) is 8.83. The summed E-state index contributed by atoms with van der Waals surface area (Å²) < 4.78 is 0. The van der Waals surface area contributed by atoms with E-state index in [0.29, 0.717) is 18.4 Å². The zero-order valence-corrected chi connectivity index (χ0v) is 17.8. The Morgan fingerprint density at radius 1 is 0.931 bits per heavy atom. The lowest BCUT2D eigenvalue weighted by atomic mass is 9.69. The predicted molar refractivity (Wildman–Crippen MR) is 118 cm³/mol. The number of hydrogen-bond acceptors (Lipinski definition) is 3. The van der Waals surface area contributed by atoms with Crippen LogP contribution in [0.5, 0.6) is 0 Å². The molecule has 2 aliphatic rings. The minimum absolute atomic E-state index is 0.119. The van der Waals surface area contributed by atoms with Crippen LogP contribution in [-0.2, 0) is 10.2 Å². The summed E-state index contributed by atoms with van der Waals surface area (Å²) in [6.45, 7) is 4.72. The van der Waals surface area contributed by atoms with Crippen LogP contribution in [-0.4, -0.2) is 73.5 Å². The van der Waals surface area contributed by atoms with Crippen molar-refractivity contribution in [3.05, 3.63) is 71.8 Å². The van der Waals surface area contributed by atoms with Gasteiger partial charge in [0.25, 0.3) is 0 Å². The molecule has 2 saturated heterocycles. The van der Waals surface area contributed by atoms with Crippen molar-refractivity contribution in [2.45, 2.75) is 30.7 Å². The van der Waals surface area contributed by atoms with Gasteiger partial charge >= 0.3 is 0 Å². The van der Waals surface area contributed by atoms with Crippen LogP contribution in [0.4, 0.5) is 0 Å². The van der Waals surface area contributed by atoms with E-state index in [4.69, 9.17) is 0 Å². The second-order valence-corrected chi connectivity index (χ2v) is 8.83. The van der Waals surface area contributed by atoms with Crippen molar-refractivity contribution in [3.63, 3.8) is 0 Å². The van der Waals surface area contributed by atoms with Gasteiger partial charge in [-0.25, -0.2) is 0 Å². The fourth-order valence-electron chi connectivity index (χ4n) is 5.07. The van der Waals surface area contributed by atoms with Crippen molar-refractivity contribution >= 4 is 5.91 Å². The van der Waals surface area contributed by atoms with E-state index in [-0.39, 0.29) is 5.41 Å². The summed E-state index contributed by atoms with van der Waals surface area (Å²) in [4.78, 5) is 20.2. The Hall–Kier alpha value is -2.17. The molecule has 0 aliphatic carbocycles. The molecule has 29 heavy (non-hydrogen) atoms. The highest BCUT2D eigenvalue weighted by atomic mass is 16.2. The van der Waals surface area contributed by atoms with Crippen LogP contribution in [0.15, 0.2) is 60.7 Å². The summed E-state index contributed by atoms with van der Waals surface area (Å²) in [5, 5.41) is 0. The molecule has 2 aromatic rings. The number of carbonyl (C=O) groups excluding carboxylic acids is 1. The maximum atomic E-state index is 13.3. The Morgan fingerprint density at radius 2 is 1.55 bits per heavy atom. The van der Waals surface area contributed by atoms with Crippen molar-refractivity contribution in [2.75, 3.05) is 46.8 Å². The van der Waals surface area contributed by atoms with Gasteiger partial charge in [-0.3, -0.25) is 4.79 Å². The number of benzene rings is 2. The van der Waals surface area contributed by atoms with E-state index in [0.717, 1.165) is 45.6 Å². The van der Waals surface area contributed by atoms with Crippen molar-refractivity contribution < 1.29 is 4.79 Å². The van der Waals surface area contributed by atoms with Gasteiger partial charge in [0.05, 0.1) is 0 Å². The molecule has 2 heterocycles. The molecule has 0 aromatic heterocycles. The Kier molecular flexibility index (Phi) is 6.02. The van der Waals surface area contributed by atoms with E-state index in [9.17, 15) is 4.79 Å². The first-order valence-corrected chi connectivity index (χ1v) is 10.9. The molecule has 4 nitrogen and oxygen atoms in total. The van der Waals surface area contributed by atoms with Crippen LogP contribution >= 0.6 is 0 Å². The van der Waals surface area contributed by atoms with Gasteiger partial charge in [-0.15, -0.1) is 0 Å². The smallest absolute Gasteiger partial charge is 0.224 e. The van der Waals surface area contributed by atoms with Crippen molar-refractivity contribution in [1.29, 1.82) is 0 Å². The summed E-state index contributed by atoms with van der Waals surface area (Å²) in [6.07, 6.45) is 2.73. The molecule has 4 heteroatoms. The van der Waals surface area contributed by atoms with Gasteiger partial charge in [-0.05, 0) is 38.1 Å². The van der Waals surface area contributed by atoms with E-state index in [1.54, 1.807) is 0 Å². The summed E-state index contributed by atoms with van der Waals surface area (Å²) in [5.74, 6) is 0.299. The molecule has 0 bridgehead atoms. The van der Waals surface area contributed by atoms with E-state index >= 15 is 0 Å². The summed E-state index contributed by atoms with van der Waals surface area (Å²) in [5.41, 5.74) is 2.52. The number of amides is 1. The number of nitrogens with zero attached hydrogens (tertiary/aromatic N) is 3. The predicted octanol–water partition coefficient (Wildman–Crippen LogP) is 3.23.